The molecular formula is C25H32N2O2. The summed E-state index contributed by atoms with van der Waals surface area (Å²) in [6.45, 7) is 2.28. The van der Waals surface area contributed by atoms with Crippen LogP contribution in [0.5, 0.6) is 0 Å². The van der Waals surface area contributed by atoms with Crippen molar-refractivity contribution in [2.75, 3.05) is 26.7 Å². The lowest BCUT2D eigenvalue weighted by atomic mass is 9.91. The van der Waals surface area contributed by atoms with Gasteiger partial charge >= 0.3 is 0 Å². The lowest BCUT2D eigenvalue weighted by Crippen LogP contribution is -2.59. The van der Waals surface area contributed by atoms with Crippen molar-refractivity contribution in [2.24, 2.45) is 0 Å². The summed E-state index contributed by atoms with van der Waals surface area (Å²) < 4.78 is 5.82. The molecule has 29 heavy (non-hydrogen) atoms. The Morgan fingerprint density at radius 3 is 2.41 bits per heavy atom. The fraction of sp³-hybridized carbons (Fsp3) is 0.480. The first-order valence-electron chi connectivity index (χ1n) is 10.9. The first-order chi connectivity index (χ1) is 14.2. The van der Waals surface area contributed by atoms with Crippen LogP contribution in [-0.2, 0) is 28.8 Å². The van der Waals surface area contributed by atoms with Gasteiger partial charge in [-0.05, 0) is 49.4 Å². The average Bonchev–Trinajstić information content (AvgIpc) is 3.18. The molecule has 2 aliphatic rings. The van der Waals surface area contributed by atoms with Crippen molar-refractivity contribution >= 4 is 5.91 Å². The average molecular weight is 393 g/mol. The molecule has 1 aliphatic heterocycles. The third-order valence-electron chi connectivity index (χ3n) is 6.58. The number of carbonyl (C=O) groups excluding carboxylic acids is 1. The standard InChI is InChI=1S/C25H32N2O2/c1-27(15-14-20-9-3-2-4-10-20)25(17-21-11-5-6-12-22(21)18-25)24(28)26-19-23-13-7-8-16-29-23/h2-6,9-12,23H,7-8,13-19H2,1H3,(H,26,28). The number of hydrogen-bond acceptors (Lipinski definition) is 3. The van der Waals surface area contributed by atoms with Gasteiger partial charge < -0.3 is 10.1 Å². The van der Waals surface area contributed by atoms with Gasteiger partial charge in [-0.3, -0.25) is 9.69 Å². The maximum atomic E-state index is 13.5. The zero-order chi connectivity index (χ0) is 20.1. The highest BCUT2D eigenvalue weighted by Crippen LogP contribution is 2.34. The molecule has 4 heteroatoms. The maximum Gasteiger partial charge on any atom is 0.241 e. The van der Waals surface area contributed by atoms with E-state index in [1.807, 2.05) is 6.07 Å². The molecule has 1 N–H and O–H groups in total. The topological polar surface area (TPSA) is 41.6 Å². The normalized spacial score (nSPS) is 20.4. The van der Waals surface area contributed by atoms with Crippen LogP contribution in [0.2, 0.25) is 0 Å². The Morgan fingerprint density at radius 2 is 1.76 bits per heavy atom. The molecule has 4 nitrogen and oxygen atoms in total. The van der Waals surface area contributed by atoms with Gasteiger partial charge in [0.25, 0.3) is 0 Å². The maximum absolute atomic E-state index is 13.5. The van der Waals surface area contributed by atoms with Crippen molar-refractivity contribution in [3.05, 3.63) is 71.3 Å². The molecule has 0 radical (unpaired) electrons. The molecule has 1 unspecified atom stereocenters. The largest absolute Gasteiger partial charge is 0.376 e. The summed E-state index contributed by atoms with van der Waals surface area (Å²) in [6, 6.07) is 19.0. The van der Waals surface area contributed by atoms with Crippen LogP contribution in [0.4, 0.5) is 0 Å². The molecule has 154 valence electrons. The summed E-state index contributed by atoms with van der Waals surface area (Å²) in [6.07, 6.45) is 5.99. The molecule has 2 aromatic carbocycles. The number of fused-ring (bicyclic) bond motifs is 1. The second-order valence-electron chi connectivity index (χ2n) is 8.51. The van der Waals surface area contributed by atoms with Crippen LogP contribution in [0.1, 0.15) is 36.0 Å². The van der Waals surface area contributed by atoms with E-state index in [9.17, 15) is 4.79 Å². The van der Waals surface area contributed by atoms with Gasteiger partial charge in [0.15, 0.2) is 0 Å². The van der Waals surface area contributed by atoms with Crippen LogP contribution < -0.4 is 5.32 Å². The number of nitrogens with one attached hydrogen (secondary N) is 1. The first kappa shape index (κ1) is 20.1. The molecule has 0 aromatic heterocycles. The molecule has 1 saturated heterocycles. The fourth-order valence-corrected chi connectivity index (χ4v) is 4.69. The van der Waals surface area contributed by atoms with E-state index in [2.05, 4.69) is 65.8 Å². The van der Waals surface area contributed by atoms with Crippen molar-refractivity contribution in [1.82, 2.24) is 10.2 Å². The monoisotopic (exact) mass is 392 g/mol. The summed E-state index contributed by atoms with van der Waals surface area (Å²) in [5, 5.41) is 3.24. The van der Waals surface area contributed by atoms with E-state index in [1.165, 1.54) is 23.1 Å². The predicted octanol–water partition coefficient (Wildman–Crippen LogP) is 3.38. The van der Waals surface area contributed by atoms with Crippen LogP contribution >= 0.6 is 0 Å². The fourth-order valence-electron chi connectivity index (χ4n) is 4.69. The van der Waals surface area contributed by atoms with E-state index in [1.54, 1.807) is 0 Å². The van der Waals surface area contributed by atoms with Crippen LogP contribution in [0.15, 0.2) is 54.6 Å². The van der Waals surface area contributed by atoms with E-state index in [0.29, 0.717) is 6.54 Å². The second kappa shape index (κ2) is 9.10. The van der Waals surface area contributed by atoms with Crippen molar-refractivity contribution in [3.63, 3.8) is 0 Å². The minimum atomic E-state index is -0.521. The lowest BCUT2D eigenvalue weighted by Gasteiger charge is -2.38. The van der Waals surface area contributed by atoms with Gasteiger partial charge in [-0.25, -0.2) is 0 Å². The Morgan fingerprint density at radius 1 is 1.07 bits per heavy atom. The summed E-state index contributed by atoms with van der Waals surface area (Å²) in [5.41, 5.74) is 3.37. The van der Waals surface area contributed by atoms with Gasteiger partial charge in [0, 0.05) is 32.5 Å². The van der Waals surface area contributed by atoms with Crippen molar-refractivity contribution in [2.45, 2.75) is 50.2 Å². The molecule has 2 aromatic rings. The van der Waals surface area contributed by atoms with Crippen LogP contribution in [0.25, 0.3) is 0 Å². The number of amides is 1. The van der Waals surface area contributed by atoms with E-state index < -0.39 is 5.54 Å². The second-order valence-corrected chi connectivity index (χ2v) is 8.51. The molecule has 1 fully saturated rings. The Labute approximate surface area is 174 Å². The molecule has 1 aliphatic carbocycles. The smallest absolute Gasteiger partial charge is 0.241 e. The zero-order valence-corrected chi connectivity index (χ0v) is 17.4. The van der Waals surface area contributed by atoms with E-state index in [4.69, 9.17) is 4.74 Å². The zero-order valence-electron chi connectivity index (χ0n) is 17.4. The lowest BCUT2D eigenvalue weighted by molar-refractivity contribution is -0.133. The Hall–Kier alpha value is -2.17. The minimum Gasteiger partial charge on any atom is -0.376 e. The number of hydrogen-bond donors (Lipinski definition) is 1. The van der Waals surface area contributed by atoms with Crippen LogP contribution in [0, 0.1) is 0 Å². The molecule has 1 atom stereocenters. The minimum absolute atomic E-state index is 0.137. The summed E-state index contributed by atoms with van der Waals surface area (Å²) in [7, 11) is 2.10. The van der Waals surface area contributed by atoms with Gasteiger partial charge in [0.2, 0.25) is 5.91 Å². The third-order valence-corrected chi connectivity index (χ3v) is 6.58. The number of carbonyl (C=O) groups is 1. The Bertz CT molecular complexity index is 790. The van der Waals surface area contributed by atoms with Gasteiger partial charge in [0.05, 0.1) is 6.10 Å². The SMILES string of the molecule is CN(CCc1ccccc1)C1(C(=O)NCC2CCCCO2)Cc2ccccc2C1. The van der Waals surface area contributed by atoms with Gasteiger partial charge in [-0.2, -0.15) is 0 Å². The quantitative estimate of drug-likeness (QED) is 0.785. The van der Waals surface area contributed by atoms with E-state index in [0.717, 1.165) is 45.3 Å². The summed E-state index contributed by atoms with van der Waals surface area (Å²) >= 11 is 0. The molecule has 1 amide bonds. The number of rotatable bonds is 7. The predicted molar refractivity (Wildman–Crippen MR) is 116 cm³/mol. The Balaban J connectivity index is 1.47. The Kier molecular flexibility index (Phi) is 6.31. The van der Waals surface area contributed by atoms with Crippen LogP contribution in [-0.4, -0.2) is 49.2 Å². The van der Waals surface area contributed by atoms with E-state index >= 15 is 0 Å². The summed E-state index contributed by atoms with van der Waals surface area (Å²) in [4.78, 5) is 15.8. The first-order valence-corrected chi connectivity index (χ1v) is 10.9. The highest BCUT2D eigenvalue weighted by atomic mass is 16.5. The number of nitrogens with zero attached hydrogens (tertiary/aromatic N) is 1. The molecule has 0 saturated carbocycles. The molecule has 0 spiro atoms. The van der Waals surface area contributed by atoms with Gasteiger partial charge in [0.1, 0.15) is 5.54 Å². The van der Waals surface area contributed by atoms with Gasteiger partial charge in [-0.15, -0.1) is 0 Å². The molecular weight excluding hydrogens is 360 g/mol. The number of likely N-dealkylation sites (N-methyl/N-ethyl adjacent to an activating group) is 1. The molecule has 1 heterocycles. The third kappa shape index (κ3) is 4.54. The van der Waals surface area contributed by atoms with Crippen molar-refractivity contribution in [1.29, 1.82) is 0 Å². The molecule has 0 bridgehead atoms. The van der Waals surface area contributed by atoms with Crippen molar-refractivity contribution < 1.29 is 9.53 Å². The molecule has 4 rings (SSSR count). The van der Waals surface area contributed by atoms with Gasteiger partial charge in [-0.1, -0.05) is 54.6 Å². The highest BCUT2D eigenvalue weighted by Gasteiger charge is 2.46. The van der Waals surface area contributed by atoms with Crippen molar-refractivity contribution in [3.8, 4) is 0 Å². The number of ether oxygens (including phenoxy) is 1. The highest BCUT2D eigenvalue weighted by molar-refractivity contribution is 5.88. The number of benzene rings is 2. The van der Waals surface area contributed by atoms with E-state index in [-0.39, 0.29) is 12.0 Å². The summed E-state index contributed by atoms with van der Waals surface area (Å²) in [5.74, 6) is 0.137. The van der Waals surface area contributed by atoms with Crippen LogP contribution in [0.3, 0.4) is 0 Å².